The van der Waals surface area contributed by atoms with Crippen molar-refractivity contribution >= 4 is 0 Å². The third kappa shape index (κ3) is 9.88. The normalized spacial score (nSPS) is 10.5. The molecule has 3 nitrogen and oxygen atoms in total. The predicted molar refractivity (Wildman–Crippen MR) is 52.5 cm³/mol. The Bertz CT molecular complexity index is 68.9. The summed E-state index contributed by atoms with van der Waals surface area (Å²) in [4.78, 5) is 0. The van der Waals surface area contributed by atoms with Crippen molar-refractivity contribution in [2.45, 2.75) is 19.3 Å². The molecule has 0 aromatic rings. The summed E-state index contributed by atoms with van der Waals surface area (Å²) in [6.07, 6.45) is 3.49. The van der Waals surface area contributed by atoms with E-state index in [2.05, 4.69) is 10.6 Å². The van der Waals surface area contributed by atoms with Crippen LogP contribution in [-0.4, -0.2) is 40.4 Å². The van der Waals surface area contributed by atoms with Gasteiger partial charge in [-0.15, -0.1) is 0 Å². The highest BCUT2D eigenvalue weighted by atomic mass is 16.5. The molecular formula is C9H22N2O. The number of rotatable bonds is 9. The largest absolute Gasteiger partial charge is 0.381 e. The second-order valence-electron chi connectivity index (χ2n) is 2.88. The molecule has 0 aliphatic heterocycles. The zero-order valence-corrected chi connectivity index (χ0v) is 8.36. The Morgan fingerprint density at radius 1 is 0.833 bits per heavy atom. The first kappa shape index (κ1) is 11.9. The molecule has 0 heterocycles. The molecule has 12 heavy (non-hydrogen) atoms. The third-order valence-electron chi connectivity index (χ3n) is 1.68. The number of hydrogen-bond donors (Lipinski definition) is 2. The molecule has 0 fully saturated rings. The smallest absolute Gasteiger partial charge is 0.0478 e. The van der Waals surface area contributed by atoms with Crippen LogP contribution >= 0.6 is 0 Å². The predicted octanol–water partition coefficient (Wildman–Crippen LogP) is 0.612. The van der Waals surface area contributed by atoms with Crippen LogP contribution < -0.4 is 10.6 Å². The standard InChI is InChI=1S/C9H22N2O/c1-10-6-3-4-8-12-9-5-7-11-2/h10-11H,3-9H2,1-2H3. The van der Waals surface area contributed by atoms with E-state index in [1.54, 1.807) is 0 Å². The van der Waals surface area contributed by atoms with Crippen LogP contribution in [-0.2, 0) is 4.74 Å². The van der Waals surface area contributed by atoms with E-state index in [9.17, 15) is 0 Å². The molecule has 0 radical (unpaired) electrons. The van der Waals surface area contributed by atoms with Crippen molar-refractivity contribution in [2.75, 3.05) is 40.4 Å². The lowest BCUT2D eigenvalue weighted by molar-refractivity contribution is 0.128. The van der Waals surface area contributed by atoms with Gasteiger partial charge in [-0.2, -0.15) is 0 Å². The highest BCUT2D eigenvalue weighted by Gasteiger charge is 1.88. The van der Waals surface area contributed by atoms with Gasteiger partial charge in [0.05, 0.1) is 0 Å². The maximum Gasteiger partial charge on any atom is 0.0478 e. The first-order chi connectivity index (χ1) is 5.91. The Kier molecular flexibility index (Phi) is 10.8. The highest BCUT2D eigenvalue weighted by Crippen LogP contribution is 1.89. The minimum atomic E-state index is 0.889. The van der Waals surface area contributed by atoms with Gasteiger partial charge in [-0.1, -0.05) is 0 Å². The molecule has 0 unspecified atom stereocenters. The van der Waals surface area contributed by atoms with E-state index >= 15 is 0 Å². The van der Waals surface area contributed by atoms with Crippen LogP contribution in [0.1, 0.15) is 19.3 Å². The summed E-state index contributed by atoms with van der Waals surface area (Å²) in [5, 5.41) is 6.20. The van der Waals surface area contributed by atoms with Gasteiger partial charge in [0.25, 0.3) is 0 Å². The van der Waals surface area contributed by atoms with Crippen LogP contribution in [0.15, 0.2) is 0 Å². The minimum Gasteiger partial charge on any atom is -0.381 e. The maximum atomic E-state index is 5.41. The Morgan fingerprint density at radius 3 is 2.08 bits per heavy atom. The summed E-state index contributed by atoms with van der Waals surface area (Å²) >= 11 is 0. The molecule has 0 aliphatic rings. The first-order valence-electron chi connectivity index (χ1n) is 4.78. The monoisotopic (exact) mass is 174 g/mol. The zero-order chi connectivity index (χ0) is 9.07. The van der Waals surface area contributed by atoms with Crippen molar-refractivity contribution in [3.63, 3.8) is 0 Å². The van der Waals surface area contributed by atoms with Crippen LogP contribution in [0, 0.1) is 0 Å². The van der Waals surface area contributed by atoms with Crippen molar-refractivity contribution in [2.24, 2.45) is 0 Å². The van der Waals surface area contributed by atoms with Gasteiger partial charge in [0.15, 0.2) is 0 Å². The van der Waals surface area contributed by atoms with Gasteiger partial charge in [-0.25, -0.2) is 0 Å². The number of unbranched alkanes of at least 4 members (excludes halogenated alkanes) is 1. The van der Waals surface area contributed by atoms with Gasteiger partial charge in [-0.3, -0.25) is 0 Å². The lowest BCUT2D eigenvalue weighted by Gasteiger charge is -2.03. The van der Waals surface area contributed by atoms with Crippen LogP contribution in [0.3, 0.4) is 0 Å². The van der Waals surface area contributed by atoms with Crippen molar-refractivity contribution < 1.29 is 4.74 Å². The molecule has 0 spiro atoms. The average Bonchev–Trinajstić information content (AvgIpc) is 2.10. The molecule has 0 atom stereocenters. The van der Waals surface area contributed by atoms with Crippen molar-refractivity contribution in [1.29, 1.82) is 0 Å². The maximum absolute atomic E-state index is 5.41. The fraction of sp³-hybridized carbons (Fsp3) is 1.00. The molecule has 3 heteroatoms. The molecule has 0 aromatic carbocycles. The van der Waals surface area contributed by atoms with E-state index in [0.29, 0.717) is 0 Å². The van der Waals surface area contributed by atoms with E-state index < -0.39 is 0 Å². The average molecular weight is 174 g/mol. The Balaban J connectivity index is 2.73. The molecule has 0 saturated carbocycles. The molecule has 0 bridgehead atoms. The molecular weight excluding hydrogens is 152 g/mol. The lowest BCUT2D eigenvalue weighted by Crippen LogP contribution is -2.11. The van der Waals surface area contributed by atoms with Crippen molar-refractivity contribution in [3.8, 4) is 0 Å². The molecule has 0 rings (SSSR count). The molecule has 74 valence electrons. The van der Waals surface area contributed by atoms with Gasteiger partial charge >= 0.3 is 0 Å². The Hall–Kier alpha value is -0.120. The Morgan fingerprint density at radius 2 is 1.42 bits per heavy atom. The fourth-order valence-corrected chi connectivity index (χ4v) is 0.959. The summed E-state index contributed by atoms with van der Waals surface area (Å²) in [6, 6.07) is 0. The van der Waals surface area contributed by atoms with Gasteiger partial charge in [0, 0.05) is 13.2 Å². The molecule has 2 N–H and O–H groups in total. The number of ether oxygens (including phenoxy) is 1. The van der Waals surface area contributed by atoms with Crippen LogP contribution in [0.2, 0.25) is 0 Å². The van der Waals surface area contributed by atoms with E-state index in [0.717, 1.165) is 32.7 Å². The van der Waals surface area contributed by atoms with Crippen LogP contribution in [0.25, 0.3) is 0 Å². The summed E-state index contributed by atoms with van der Waals surface area (Å²) in [7, 11) is 3.95. The van der Waals surface area contributed by atoms with E-state index in [1.165, 1.54) is 12.8 Å². The SMILES string of the molecule is CNCCCCOCCCNC. The highest BCUT2D eigenvalue weighted by molar-refractivity contribution is 4.43. The van der Waals surface area contributed by atoms with E-state index in [-0.39, 0.29) is 0 Å². The van der Waals surface area contributed by atoms with Gasteiger partial charge in [0.2, 0.25) is 0 Å². The summed E-state index contributed by atoms with van der Waals surface area (Å²) in [6.45, 7) is 3.95. The van der Waals surface area contributed by atoms with Gasteiger partial charge in [-0.05, 0) is 46.4 Å². The number of nitrogens with one attached hydrogen (secondary N) is 2. The summed E-state index contributed by atoms with van der Waals surface area (Å²) < 4.78 is 5.41. The molecule has 0 amide bonds. The van der Waals surface area contributed by atoms with Crippen molar-refractivity contribution in [3.05, 3.63) is 0 Å². The topological polar surface area (TPSA) is 33.3 Å². The molecule has 0 saturated heterocycles. The second kappa shape index (κ2) is 10.9. The summed E-state index contributed by atoms with van der Waals surface area (Å²) in [5.41, 5.74) is 0. The Labute approximate surface area is 75.9 Å². The third-order valence-corrected chi connectivity index (χ3v) is 1.68. The van der Waals surface area contributed by atoms with Crippen LogP contribution in [0.5, 0.6) is 0 Å². The van der Waals surface area contributed by atoms with Gasteiger partial charge in [0.1, 0.15) is 0 Å². The summed E-state index contributed by atoms with van der Waals surface area (Å²) in [5.74, 6) is 0. The second-order valence-corrected chi connectivity index (χ2v) is 2.88. The van der Waals surface area contributed by atoms with E-state index in [1.807, 2.05) is 14.1 Å². The van der Waals surface area contributed by atoms with Gasteiger partial charge < -0.3 is 15.4 Å². The molecule has 0 aromatic heterocycles. The van der Waals surface area contributed by atoms with Crippen molar-refractivity contribution in [1.82, 2.24) is 10.6 Å². The lowest BCUT2D eigenvalue weighted by atomic mass is 10.3. The zero-order valence-electron chi connectivity index (χ0n) is 8.36. The minimum absolute atomic E-state index is 0.889. The first-order valence-corrected chi connectivity index (χ1v) is 4.78. The number of hydrogen-bond acceptors (Lipinski definition) is 3. The fourth-order valence-electron chi connectivity index (χ4n) is 0.959. The quantitative estimate of drug-likeness (QED) is 0.503. The molecule has 0 aliphatic carbocycles. The van der Waals surface area contributed by atoms with Crippen LogP contribution in [0.4, 0.5) is 0 Å². The van der Waals surface area contributed by atoms with E-state index in [4.69, 9.17) is 4.74 Å².